The number of rotatable bonds is 5. The number of halogens is 2. The van der Waals surface area contributed by atoms with Crippen molar-refractivity contribution in [2.75, 3.05) is 4.90 Å². The van der Waals surface area contributed by atoms with Gasteiger partial charge in [0.25, 0.3) is 11.8 Å². The lowest BCUT2D eigenvalue weighted by atomic mass is 10.1. The highest BCUT2D eigenvalue weighted by molar-refractivity contribution is 9.10. The van der Waals surface area contributed by atoms with E-state index in [1.807, 2.05) is 24.3 Å². The van der Waals surface area contributed by atoms with Crippen molar-refractivity contribution in [3.63, 3.8) is 0 Å². The Morgan fingerprint density at radius 3 is 2.42 bits per heavy atom. The van der Waals surface area contributed by atoms with Gasteiger partial charge in [0.05, 0.1) is 5.69 Å². The number of benzene rings is 2. The molecule has 1 fully saturated rings. The summed E-state index contributed by atoms with van der Waals surface area (Å²) in [6, 6.07) is 16.7. The first-order valence-electron chi connectivity index (χ1n) is 9.05. The number of hydrogen-bond donors (Lipinski definition) is 1. The molecular weight excluding hydrogens is 504 g/mol. The molecule has 0 aliphatic carbocycles. The van der Waals surface area contributed by atoms with Gasteiger partial charge >= 0.3 is 6.03 Å². The highest BCUT2D eigenvalue weighted by Gasteiger charge is 2.37. The van der Waals surface area contributed by atoms with Crippen LogP contribution >= 0.6 is 39.3 Å². The number of barbiturate groups is 1. The molecule has 0 saturated carbocycles. The van der Waals surface area contributed by atoms with E-state index in [4.69, 9.17) is 16.0 Å². The number of amides is 4. The fourth-order valence-corrected chi connectivity index (χ4v) is 4.06. The van der Waals surface area contributed by atoms with Crippen LogP contribution in [0, 0.1) is 0 Å². The van der Waals surface area contributed by atoms with Crippen LogP contribution in [-0.4, -0.2) is 17.8 Å². The summed E-state index contributed by atoms with van der Waals surface area (Å²) in [5, 5.41) is 3.49. The van der Waals surface area contributed by atoms with Gasteiger partial charge in [0.1, 0.15) is 11.3 Å². The fraction of sp³-hybridized carbons (Fsp3) is 0.0455. The first-order valence-corrected chi connectivity index (χ1v) is 11.2. The number of hydrogen-bond acceptors (Lipinski definition) is 5. The Labute approximate surface area is 195 Å². The Morgan fingerprint density at radius 1 is 1.00 bits per heavy atom. The van der Waals surface area contributed by atoms with Gasteiger partial charge in [-0.3, -0.25) is 14.9 Å². The molecular formula is C22H14BrClN2O4S. The number of nitrogens with zero attached hydrogens (tertiary/aromatic N) is 1. The third-order valence-corrected chi connectivity index (χ3v) is 6.13. The van der Waals surface area contributed by atoms with Gasteiger partial charge in [-0.25, -0.2) is 9.69 Å². The third-order valence-electron chi connectivity index (χ3n) is 4.37. The molecule has 1 aromatic heterocycles. The zero-order valence-corrected chi connectivity index (χ0v) is 19.0. The maximum atomic E-state index is 12.9. The van der Waals surface area contributed by atoms with E-state index < -0.39 is 17.8 Å². The Kier molecular flexibility index (Phi) is 6.31. The summed E-state index contributed by atoms with van der Waals surface area (Å²) >= 11 is 10.7. The van der Waals surface area contributed by atoms with Crippen molar-refractivity contribution in [1.29, 1.82) is 0 Å². The number of carbonyl (C=O) groups excluding carboxylic acids is 3. The van der Waals surface area contributed by atoms with Crippen LogP contribution in [0.15, 0.2) is 80.2 Å². The Balaban J connectivity index is 1.52. The van der Waals surface area contributed by atoms with E-state index in [0.717, 1.165) is 14.9 Å². The number of carbonyl (C=O) groups is 3. The average Bonchev–Trinajstić information content (AvgIpc) is 3.19. The SMILES string of the molecule is O=C1NC(=O)N(c2ccc(Br)cc2)C(=O)/C1=C\c1ccc(SCc2ccc(Cl)cc2)o1. The molecule has 2 heterocycles. The molecule has 0 radical (unpaired) electrons. The van der Waals surface area contributed by atoms with E-state index in [9.17, 15) is 14.4 Å². The second kappa shape index (κ2) is 9.13. The van der Waals surface area contributed by atoms with Gasteiger partial charge in [-0.05, 0) is 60.2 Å². The molecule has 3 aromatic rings. The van der Waals surface area contributed by atoms with Crippen molar-refractivity contribution in [3.05, 3.63) is 87.1 Å². The summed E-state index contributed by atoms with van der Waals surface area (Å²) in [5.41, 5.74) is 1.24. The number of furan rings is 1. The van der Waals surface area contributed by atoms with Crippen molar-refractivity contribution in [2.24, 2.45) is 0 Å². The number of nitrogens with one attached hydrogen (secondary N) is 1. The number of anilines is 1. The van der Waals surface area contributed by atoms with Crippen molar-refractivity contribution < 1.29 is 18.8 Å². The Hall–Kier alpha value is -2.81. The van der Waals surface area contributed by atoms with E-state index in [2.05, 4.69) is 21.2 Å². The highest BCUT2D eigenvalue weighted by Crippen LogP contribution is 2.28. The van der Waals surface area contributed by atoms with Crippen LogP contribution in [0.2, 0.25) is 5.02 Å². The number of imide groups is 2. The van der Waals surface area contributed by atoms with Gasteiger partial charge in [0, 0.05) is 15.2 Å². The van der Waals surface area contributed by atoms with E-state index in [1.54, 1.807) is 36.4 Å². The molecule has 2 aromatic carbocycles. The second-order valence-electron chi connectivity index (χ2n) is 6.51. The van der Waals surface area contributed by atoms with Gasteiger partial charge in [0.2, 0.25) is 0 Å². The molecule has 6 nitrogen and oxygen atoms in total. The molecule has 31 heavy (non-hydrogen) atoms. The minimum Gasteiger partial charge on any atom is -0.450 e. The molecule has 1 N–H and O–H groups in total. The zero-order chi connectivity index (χ0) is 22.0. The highest BCUT2D eigenvalue weighted by atomic mass is 79.9. The van der Waals surface area contributed by atoms with Gasteiger partial charge in [-0.2, -0.15) is 0 Å². The Morgan fingerprint density at radius 2 is 1.71 bits per heavy atom. The van der Waals surface area contributed by atoms with Crippen LogP contribution in [0.4, 0.5) is 10.5 Å². The van der Waals surface area contributed by atoms with Gasteiger partial charge < -0.3 is 4.42 Å². The second-order valence-corrected chi connectivity index (χ2v) is 8.84. The molecule has 0 bridgehead atoms. The van der Waals surface area contributed by atoms with Crippen LogP contribution in [0.1, 0.15) is 11.3 Å². The maximum Gasteiger partial charge on any atom is 0.335 e. The van der Waals surface area contributed by atoms with E-state index >= 15 is 0 Å². The molecule has 0 unspecified atom stereocenters. The van der Waals surface area contributed by atoms with E-state index in [1.165, 1.54) is 17.8 Å². The van der Waals surface area contributed by atoms with Crippen LogP contribution in [0.3, 0.4) is 0 Å². The van der Waals surface area contributed by atoms with Crippen LogP contribution in [-0.2, 0) is 15.3 Å². The molecule has 1 saturated heterocycles. The van der Waals surface area contributed by atoms with Crippen molar-refractivity contribution in [2.45, 2.75) is 10.8 Å². The lowest BCUT2D eigenvalue weighted by Gasteiger charge is -2.26. The van der Waals surface area contributed by atoms with Crippen molar-refractivity contribution in [3.8, 4) is 0 Å². The summed E-state index contributed by atoms with van der Waals surface area (Å²) in [7, 11) is 0. The monoisotopic (exact) mass is 516 g/mol. The molecule has 0 spiro atoms. The maximum absolute atomic E-state index is 12.9. The van der Waals surface area contributed by atoms with Crippen molar-refractivity contribution >= 4 is 68.9 Å². The predicted octanol–water partition coefficient (Wildman–Crippen LogP) is 5.65. The van der Waals surface area contributed by atoms with E-state index in [-0.39, 0.29) is 5.57 Å². The molecule has 9 heteroatoms. The number of urea groups is 1. The normalized spacial score (nSPS) is 15.5. The van der Waals surface area contributed by atoms with Crippen LogP contribution < -0.4 is 10.2 Å². The summed E-state index contributed by atoms with van der Waals surface area (Å²) in [5.74, 6) is -0.480. The van der Waals surface area contributed by atoms with Crippen molar-refractivity contribution in [1.82, 2.24) is 5.32 Å². The lowest BCUT2D eigenvalue weighted by molar-refractivity contribution is -0.122. The summed E-state index contributed by atoms with van der Waals surface area (Å²) in [4.78, 5) is 38.3. The standard InChI is InChI=1S/C22H14BrClN2O4S/c23-14-3-7-16(8-4-14)26-21(28)18(20(27)25-22(26)29)11-17-9-10-19(30-17)31-12-13-1-5-15(24)6-2-13/h1-11H,12H2,(H,25,27,29)/b18-11-. The molecule has 4 rings (SSSR count). The van der Waals surface area contributed by atoms with E-state index in [0.29, 0.717) is 27.3 Å². The average molecular weight is 518 g/mol. The Bertz CT molecular complexity index is 1190. The van der Waals surface area contributed by atoms with Crippen LogP contribution in [0.25, 0.3) is 6.08 Å². The van der Waals surface area contributed by atoms with Gasteiger partial charge in [-0.15, -0.1) is 0 Å². The first-order chi connectivity index (χ1) is 14.9. The minimum atomic E-state index is -0.798. The molecule has 1 aliphatic heterocycles. The minimum absolute atomic E-state index is 0.189. The molecule has 4 amide bonds. The van der Waals surface area contributed by atoms with Gasteiger partial charge in [-0.1, -0.05) is 51.4 Å². The lowest BCUT2D eigenvalue weighted by Crippen LogP contribution is -2.54. The zero-order valence-electron chi connectivity index (χ0n) is 15.8. The van der Waals surface area contributed by atoms with Gasteiger partial charge in [0.15, 0.2) is 5.09 Å². The quantitative estimate of drug-likeness (QED) is 0.269. The summed E-state index contributed by atoms with van der Waals surface area (Å²) in [6.07, 6.45) is 1.34. The molecule has 0 atom stereocenters. The third kappa shape index (κ3) is 4.92. The molecule has 156 valence electrons. The molecule has 1 aliphatic rings. The van der Waals surface area contributed by atoms with Crippen LogP contribution in [0.5, 0.6) is 0 Å². The fourth-order valence-electron chi connectivity index (χ4n) is 2.85. The largest absolute Gasteiger partial charge is 0.450 e. The topological polar surface area (TPSA) is 79.6 Å². The summed E-state index contributed by atoms with van der Waals surface area (Å²) in [6.45, 7) is 0. The predicted molar refractivity (Wildman–Crippen MR) is 123 cm³/mol. The number of thioether (sulfide) groups is 1. The summed E-state index contributed by atoms with van der Waals surface area (Å²) < 4.78 is 6.53. The first kappa shape index (κ1) is 21.4. The smallest absolute Gasteiger partial charge is 0.335 e.